The summed E-state index contributed by atoms with van der Waals surface area (Å²) in [7, 11) is 1.27. The lowest BCUT2D eigenvalue weighted by Gasteiger charge is -2.07. The van der Waals surface area contributed by atoms with E-state index in [-0.39, 0.29) is 24.6 Å². The molecule has 7 heteroatoms. The molecule has 102 valence electrons. The first-order valence-corrected chi connectivity index (χ1v) is 5.55. The second-order valence-corrected chi connectivity index (χ2v) is 3.84. The minimum atomic E-state index is -0.522. The zero-order valence-electron chi connectivity index (χ0n) is 10.6. The van der Waals surface area contributed by atoms with E-state index in [1.165, 1.54) is 25.3 Å². The molecule has 1 aromatic rings. The highest BCUT2D eigenvalue weighted by molar-refractivity contribution is 5.96. The molecule has 7 nitrogen and oxygen atoms in total. The predicted octanol–water partition coefficient (Wildman–Crippen LogP) is 1.20. The maximum absolute atomic E-state index is 11.8. The maximum Gasteiger partial charge on any atom is 0.307 e. The van der Waals surface area contributed by atoms with Gasteiger partial charge < -0.3 is 10.1 Å². The summed E-state index contributed by atoms with van der Waals surface area (Å²) in [5, 5.41) is 13.1. The first-order valence-electron chi connectivity index (χ1n) is 5.55. The van der Waals surface area contributed by atoms with Gasteiger partial charge >= 0.3 is 5.97 Å². The van der Waals surface area contributed by atoms with E-state index in [1.54, 1.807) is 6.92 Å². The van der Waals surface area contributed by atoms with E-state index in [9.17, 15) is 19.7 Å². The average molecular weight is 266 g/mol. The molecule has 1 N–H and O–H groups in total. The first kappa shape index (κ1) is 14.6. The number of carbonyl (C=O) groups is 2. The Balaban J connectivity index is 2.67. The molecule has 1 amide bonds. The fraction of sp³-hybridized carbons (Fsp3) is 0.333. The van der Waals surface area contributed by atoms with Gasteiger partial charge in [0.05, 0.1) is 18.5 Å². The Labute approximate surface area is 109 Å². The van der Waals surface area contributed by atoms with Gasteiger partial charge in [-0.15, -0.1) is 0 Å². The number of nitrogens with one attached hydrogen (secondary N) is 1. The number of ether oxygens (including phenoxy) is 1. The highest BCUT2D eigenvalue weighted by Crippen LogP contribution is 2.16. The van der Waals surface area contributed by atoms with Crippen molar-refractivity contribution in [2.24, 2.45) is 0 Å². The maximum atomic E-state index is 11.8. The molecule has 0 aliphatic carbocycles. The molecule has 0 atom stereocenters. The molecule has 0 heterocycles. The number of benzene rings is 1. The van der Waals surface area contributed by atoms with Crippen LogP contribution in [0, 0.1) is 17.0 Å². The van der Waals surface area contributed by atoms with Crippen molar-refractivity contribution in [3.63, 3.8) is 0 Å². The van der Waals surface area contributed by atoms with Crippen molar-refractivity contribution in [3.05, 3.63) is 39.4 Å². The summed E-state index contributed by atoms with van der Waals surface area (Å²) in [6, 6.07) is 3.98. The Morgan fingerprint density at radius 1 is 1.42 bits per heavy atom. The van der Waals surface area contributed by atoms with Crippen molar-refractivity contribution in [2.75, 3.05) is 13.7 Å². The standard InChI is InChI=1S/C12H14N2O5/c1-8-7-9(14(17)18)3-4-10(8)12(16)13-6-5-11(15)19-2/h3-4,7H,5-6H2,1-2H3,(H,13,16). The van der Waals surface area contributed by atoms with Crippen LogP contribution in [0.3, 0.4) is 0 Å². The van der Waals surface area contributed by atoms with Gasteiger partial charge in [0, 0.05) is 24.2 Å². The average Bonchev–Trinajstić information content (AvgIpc) is 2.37. The summed E-state index contributed by atoms with van der Waals surface area (Å²) in [6.45, 7) is 1.77. The predicted molar refractivity (Wildman–Crippen MR) is 66.8 cm³/mol. The molecular formula is C12H14N2O5. The third-order valence-electron chi connectivity index (χ3n) is 2.51. The van der Waals surface area contributed by atoms with Gasteiger partial charge in [-0.3, -0.25) is 19.7 Å². The first-order chi connectivity index (χ1) is 8.95. The normalized spacial score (nSPS) is 9.79. The molecule has 0 bridgehead atoms. The molecule has 1 aromatic carbocycles. The van der Waals surface area contributed by atoms with Gasteiger partial charge in [0.2, 0.25) is 0 Å². The van der Waals surface area contributed by atoms with E-state index in [2.05, 4.69) is 10.1 Å². The van der Waals surface area contributed by atoms with Crippen molar-refractivity contribution < 1.29 is 19.2 Å². The van der Waals surface area contributed by atoms with Gasteiger partial charge in [0.15, 0.2) is 0 Å². The fourth-order valence-corrected chi connectivity index (χ4v) is 1.49. The number of methoxy groups -OCH3 is 1. The largest absolute Gasteiger partial charge is 0.469 e. The van der Waals surface area contributed by atoms with Crippen molar-refractivity contribution in [1.29, 1.82) is 0 Å². The molecular weight excluding hydrogens is 252 g/mol. The van der Waals surface area contributed by atoms with E-state index in [0.717, 1.165) is 0 Å². The van der Waals surface area contributed by atoms with Crippen LogP contribution < -0.4 is 5.32 Å². The number of esters is 1. The summed E-state index contributed by atoms with van der Waals surface area (Å²) >= 11 is 0. The minimum Gasteiger partial charge on any atom is -0.469 e. The Kier molecular flexibility index (Phi) is 4.99. The quantitative estimate of drug-likeness (QED) is 0.490. The van der Waals surface area contributed by atoms with Crippen molar-refractivity contribution >= 4 is 17.6 Å². The number of hydrogen-bond acceptors (Lipinski definition) is 5. The van der Waals surface area contributed by atoms with Crippen LogP contribution in [0.25, 0.3) is 0 Å². The third-order valence-corrected chi connectivity index (χ3v) is 2.51. The van der Waals surface area contributed by atoms with Crippen molar-refractivity contribution in [1.82, 2.24) is 5.32 Å². The van der Waals surface area contributed by atoms with Gasteiger partial charge in [0.25, 0.3) is 11.6 Å². The monoisotopic (exact) mass is 266 g/mol. The number of hydrogen-bond donors (Lipinski definition) is 1. The summed E-state index contributed by atoms with van der Waals surface area (Å²) in [6.07, 6.45) is 0.0776. The number of rotatable bonds is 5. The number of nitro groups is 1. The molecule has 0 spiro atoms. The van der Waals surface area contributed by atoms with E-state index < -0.39 is 10.9 Å². The lowest BCUT2D eigenvalue weighted by Crippen LogP contribution is -2.26. The summed E-state index contributed by atoms with van der Waals surface area (Å²) < 4.78 is 4.44. The summed E-state index contributed by atoms with van der Waals surface area (Å²) in [5.74, 6) is -0.794. The summed E-state index contributed by atoms with van der Waals surface area (Å²) in [4.78, 5) is 32.7. The molecule has 0 radical (unpaired) electrons. The third kappa shape index (κ3) is 4.06. The number of nitro benzene ring substituents is 1. The number of aryl methyl sites for hydroxylation is 1. The highest BCUT2D eigenvalue weighted by Gasteiger charge is 2.13. The lowest BCUT2D eigenvalue weighted by molar-refractivity contribution is -0.384. The molecule has 0 unspecified atom stereocenters. The second-order valence-electron chi connectivity index (χ2n) is 3.84. The van der Waals surface area contributed by atoms with Crippen LogP contribution in [0.1, 0.15) is 22.3 Å². The lowest BCUT2D eigenvalue weighted by atomic mass is 10.1. The van der Waals surface area contributed by atoms with Crippen LogP contribution in [-0.4, -0.2) is 30.5 Å². The number of non-ortho nitro benzene ring substituents is 1. The smallest absolute Gasteiger partial charge is 0.307 e. The number of carbonyl (C=O) groups excluding carboxylic acids is 2. The molecule has 0 saturated heterocycles. The molecule has 0 aliphatic heterocycles. The molecule has 0 saturated carbocycles. The minimum absolute atomic E-state index is 0.0661. The zero-order chi connectivity index (χ0) is 14.4. The number of nitrogens with zero attached hydrogens (tertiary/aromatic N) is 1. The fourth-order valence-electron chi connectivity index (χ4n) is 1.49. The van der Waals surface area contributed by atoms with Crippen LogP contribution in [0.15, 0.2) is 18.2 Å². The van der Waals surface area contributed by atoms with Crippen LogP contribution >= 0.6 is 0 Å². The van der Waals surface area contributed by atoms with E-state index >= 15 is 0 Å². The van der Waals surface area contributed by atoms with Crippen molar-refractivity contribution in [2.45, 2.75) is 13.3 Å². The Morgan fingerprint density at radius 3 is 2.63 bits per heavy atom. The van der Waals surface area contributed by atoms with Crippen LogP contribution in [0.4, 0.5) is 5.69 Å². The molecule has 19 heavy (non-hydrogen) atoms. The van der Waals surface area contributed by atoms with Crippen molar-refractivity contribution in [3.8, 4) is 0 Å². The Hall–Kier alpha value is -2.44. The van der Waals surface area contributed by atoms with Gasteiger partial charge in [-0.1, -0.05) is 0 Å². The zero-order valence-corrected chi connectivity index (χ0v) is 10.6. The van der Waals surface area contributed by atoms with Gasteiger partial charge in [0.1, 0.15) is 0 Å². The topological polar surface area (TPSA) is 98.5 Å². The molecule has 1 rings (SSSR count). The number of amides is 1. The van der Waals surface area contributed by atoms with Gasteiger partial charge in [-0.2, -0.15) is 0 Å². The van der Waals surface area contributed by atoms with Gasteiger partial charge in [-0.25, -0.2) is 0 Å². The second kappa shape index (κ2) is 6.48. The van der Waals surface area contributed by atoms with Crippen LogP contribution in [-0.2, 0) is 9.53 Å². The highest BCUT2D eigenvalue weighted by atomic mass is 16.6. The summed E-state index contributed by atoms with van der Waals surface area (Å²) in [5.41, 5.74) is 0.781. The van der Waals surface area contributed by atoms with E-state index in [4.69, 9.17) is 0 Å². The molecule has 0 fully saturated rings. The Bertz CT molecular complexity index is 513. The van der Waals surface area contributed by atoms with E-state index in [1.807, 2.05) is 0 Å². The van der Waals surface area contributed by atoms with Crippen LogP contribution in [0.2, 0.25) is 0 Å². The SMILES string of the molecule is COC(=O)CCNC(=O)c1ccc([N+](=O)[O-])cc1C. The van der Waals surface area contributed by atoms with Crippen LogP contribution in [0.5, 0.6) is 0 Å². The van der Waals surface area contributed by atoms with Gasteiger partial charge in [-0.05, 0) is 18.6 Å². The molecule has 0 aliphatic rings. The van der Waals surface area contributed by atoms with E-state index in [0.29, 0.717) is 11.1 Å². The Morgan fingerprint density at radius 2 is 2.11 bits per heavy atom. The molecule has 0 aromatic heterocycles.